The van der Waals surface area contributed by atoms with Gasteiger partial charge < -0.3 is 20.7 Å². The number of aromatic nitrogens is 2. The van der Waals surface area contributed by atoms with Crippen LogP contribution in [0.5, 0.6) is 0 Å². The van der Waals surface area contributed by atoms with E-state index in [1.165, 1.54) is 4.57 Å². The van der Waals surface area contributed by atoms with E-state index in [1.807, 2.05) is 0 Å². The molecule has 7 heteroatoms. The van der Waals surface area contributed by atoms with Gasteiger partial charge in [0.2, 0.25) is 0 Å². The molecule has 0 aliphatic carbocycles. The number of nitrogen functional groups attached to an aromatic ring is 1. The van der Waals surface area contributed by atoms with Gasteiger partial charge in [0.25, 0.3) is 0 Å². The molecule has 1 fully saturated rings. The Balaban J connectivity index is 0.000000686. The summed E-state index contributed by atoms with van der Waals surface area (Å²) in [5, 5.41) is 15.9. The molecule has 1 aliphatic heterocycles. The predicted molar refractivity (Wildman–Crippen MR) is 61.3 cm³/mol. The molecule has 0 amide bonds. The second kappa shape index (κ2) is 6.33. The average molecular weight is 243 g/mol. The number of nitrogens with zero attached hydrogens (tertiary/aromatic N) is 2. The summed E-state index contributed by atoms with van der Waals surface area (Å²) >= 11 is 0. The summed E-state index contributed by atoms with van der Waals surface area (Å²) in [7, 11) is 1.00. The third-order valence-corrected chi connectivity index (χ3v) is 2.45. The van der Waals surface area contributed by atoms with Crippen molar-refractivity contribution in [3.63, 3.8) is 0 Å². The summed E-state index contributed by atoms with van der Waals surface area (Å²) in [5.41, 5.74) is 4.96. The maximum absolute atomic E-state index is 11.5. The minimum atomic E-state index is -0.418. The second-order valence-electron chi connectivity index (χ2n) is 3.51. The lowest BCUT2D eigenvalue weighted by molar-refractivity contribution is -0.0245. The lowest BCUT2D eigenvalue weighted by Gasteiger charge is -2.14. The molecule has 1 aromatic rings. The van der Waals surface area contributed by atoms with Crippen molar-refractivity contribution in [3.8, 4) is 0 Å². The zero-order valence-electron chi connectivity index (χ0n) is 9.61. The lowest BCUT2D eigenvalue weighted by Crippen LogP contribution is -2.27. The summed E-state index contributed by atoms with van der Waals surface area (Å²) < 4.78 is 6.84. The van der Waals surface area contributed by atoms with E-state index in [2.05, 4.69) is 4.98 Å². The maximum atomic E-state index is 11.5. The minimum Gasteiger partial charge on any atom is -0.400 e. The van der Waals surface area contributed by atoms with Crippen LogP contribution in [0.4, 0.5) is 5.82 Å². The zero-order chi connectivity index (χ0) is 12.8. The largest absolute Gasteiger partial charge is 0.400 e. The van der Waals surface area contributed by atoms with Crippen molar-refractivity contribution in [2.75, 3.05) is 19.5 Å². The molecule has 1 saturated heterocycles. The van der Waals surface area contributed by atoms with Crippen molar-refractivity contribution in [2.24, 2.45) is 0 Å². The highest BCUT2D eigenvalue weighted by Gasteiger charge is 2.26. The van der Waals surface area contributed by atoms with Gasteiger partial charge in [-0.2, -0.15) is 4.98 Å². The van der Waals surface area contributed by atoms with E-state index in [9.17, 15) is 4.79 Å². The molecule has 1 aromatic heterocycles. The van der Waals surface area contributed by atoms with E-state index < -0.39 is 5.69 Å². The molecule has 1 aliphatic rings. The molecule has 0 aromatic carbocycles. The molecule has 0 bridgehead atoms. The molecule has 7 nitrogen and oxygen atoms in total. The Morgan fingerprint density at radius 3 is 2.82 bits per heavy atom. The fourth-order valence-electron chi connectivity index (χ4n) is 1.67. The van der Waals surface area contributed by atoms with Crippen molar-refractivity contribution >= 4 is 5.82 Å². The van der Waals surface area contributed by atoms with Gasteiger partial charge in [-0.25, -0.2) is 4.79 Å². The first-order valence-electron chi connectivity index (χ1n) is 5.26. The smallest absolute Gasteiger partial charge is 0.351 e. The molecule has 0 radical (unpaired) electrons. The van der Waals surface area contributed by atoms with Crippen LogP contribution in [0.25, 0.3) is 0 Å². The highest BCUT2D eigenvalue weighted by Crippen LogP contribution is 2.26. The Morgan fingerprint density at radius 2 is 2.29 bits per heavy atom. The van der Waals surface area contributed by atoms with Gasteiger partial charge in [-0.15, -0.1) is 0 Å². The van der Waals surface area contributed by atoms with Crippen LogP contribution < -0.4 is 11.4 Å². The van der Waals surface area contributed by atoms with Crippen LogP contribution in [-0.2, 0) is 4.74 Å². The minimum absolute atomic E-state index is 0.0202. The molecule has 2 rings (SSSR count). The third-order valence-electron chi connectivity index (χ3n) is 2.45. The van der Waals surface area contributed by atoms with Crippen molar-refractivity contribution in [1.82, 2.24) is 9.55 Å². The zero-order valence-corrected chi connectivity index (χ0v) is 9.61. The Hall–Kier alpha value is -1.44. The molecule has 2 heterocycles. The topological polar surface area (TPSA) is 111 Å². The van der Waals surface area contributed by atoms with E-state index in [0.717, 1.165) is 13.5 Å². The number of rotatable bonds is 2. The number of anilines is 1. The molecule has 0 spiro atoms. The predicted octanol–water partition coefficient (Wildman–Crippen LogP) is -0.896. The SMILES string of the molecule is CO.Nc1ccn(C2CCC(CO)O2)c(=O)n1. The monoisotopic (exact) mass is 243 g/mol. The highest BCUT2D eigenvalue weighted by atomic mass is 16.5. The van der Waals surface area contributed by atoms with Gasteiger partial charge in [0.15, 0.2) is 0 Å². The first kappa shape index (κ1) is 13.6. The number of hydrogen-bond donors (Lipinski definition) is 3. The first-order valence-corrected chi connectivity index (χ1v) is 5.26. The molecule has 4 N–H and O–H groups in total. The summed E-state index contributed by atoms with van der Waals surface area (Å²) in [4.78, 5) is 15.1. The number of nitrogens with two attached hydrogens (primary N) is 1. The fourth-order valence-corrected chi connectivity index (χ4v) is 1.67. The molecule has 17 heavy (non-hydrogen) atoms. The standard InChI is InChI=1S/C9H13N3O3.CH4O/c10-7-3-4-12(9(14)11-7)8-2-1-6(5-13)15-8;1-2/h3-4,6,8,13H,1-2,5H2,(H2,10,11,14);2H,1H3. The van der Waals surface area contributed by atoms with Crippen LogP contribution in [0, 0.1) is 0 Å². The second-order valence-corrected chi connectivity index (χ2v) is 3.51. The summed E-state index contributed by atoms with van der Waals surface area (Å²) in [6.07, 6.45) is 2.51. The maximum Gasteiger partial charge on any atom is 0.351 e. The fraction of sp³-hybridized carbons (Fsp3) is 0.600. The Labute approximate surface area is 98.5 Å². The van der Waals surface area contributed by atoms with E-state index in [0.29, 0.717) is 6.42 Å². The van der Waals surface area contributed by atoms with Gasteiger partial charge in [0.1, 0.15) is 12.0 Å². The van der Waals surface area contributed by atoms with Gasteiger partial charge in [-0.3, -0.25) is 4.57 Å². The van der Waals surface area contributed by atoms with Crippen LogP contribution in [-0.4, -0.2) is 39.6 Å². The highest BCUT2D eigenvalue weighted by molar-refractivity contribution is 5.23. The molecule has 2 atom stereocenters. The van der Waals surface area contributed by atoms with Crippen molar-refractivity contribution in [3.05, 3.63) is 22.7 Å². The number of hydrogen-bond acceptors (Lipinski definition) is 6. The van der Waals surface area contributed by atoms with E-state index in [4.69, 9.17) is 20.7 Å². The molecular weight excluding hydrogens is 226 g/mol. The molecule has 2 unspecified atom stereocenters. The van der Waals surface area contributed by atoms with Gasteiger partial charge in [0, 0.05) is 13.3 Å². The van der Waals surface area contributed by atoms with Gasteiger partial charge in [-0.1, -0.05) is 0 Å². The van der Waals surface area contributed by atoms with Gasteiger partial charge in [-0.05, 0) is 18.9 Å². The molecular formula is C10H17N3O4. The Kier molecular flexibility index (Phi) is 5.08. The van der Waals surface area contributed by atoms with Crippen molar-refractivity contribution in [2.45, 2.75) is 25.2 Å². The van der Waals surface area contributed by atoms with Gasteiger partial charge >= 0.3 is 5.69 Å². The Morgan fingerprint density at radius 1 is 1.59 bits per heavy atom. The van der Waals surface area contributed by atoms with Gasteiger partial charge in [0.05, 0.1) is 12.7 Å². The molecule has 96 valence electrons. The summed E-state index contributed by atoms with van der Waals surface area (Å²) in [5.74, 6) is 0.202. The average Bonchev–Trinajstić information content (AvgIpc) is 2.80. The summed E-state index contributed by atoms with van der Waals surface area (Å²) in [6, 6.07) is 1.55. The first-order chi connectivity index (χ1) is 8.20. The normalized spacial score (nSPS) is 23.0. The van der Waals surface area contributed by atoms with E-state index in [-0.39, 0.29) is 24.8 Å². The van der Waals surface area contributed by atoms with Crippen LogP contribution >= 0.6 is 0 Å². The van der Waals surface area contributed by atoms with E-state index >= 15 is 0 Å². The Bertz CT molecular complexity index is 407. The van der Waals surface area contributed by atoms with Crippen LogP contribution in [0.15, 0.2) is 17.1 Å². The third kappa shape index (κ3) is 3.26. The quantitative estimate of drug-likeness (QED) is 0.621. The number of ether oxygens (including phenoxy) is 1. The van der Waals surface area contributed by atoms with E-state index in [1.54, 1.807) is 12.3 Å². The lowest BCUT2D eigenvalue weighted by atomic mass is 10.2. The summed E-state index contributed by atoms with van der Waals surface area (Å²) in [6.45, 7) is -0.0202. The van der Waals surface area contributed by atoms with Crippen molar-refractivity contribution in [1.29, 1.82) is 0 Å². The van der Waals surface area contributed by atoms with Crippen LogP contribution in [0.2, 0.25) is 0 Å². The van der Waals surface area contributed by atoms with Crippen LogP contribution in [0.1, 0.15) is 19.1 Å². The number of aliphatic hydroxyl groups excluding tert-OH is 2. The number of aliphatic hydroxyl groups is 2. The van der Waals surface area contributed by atoms with Crippen LogP contribution in [0.3, 0.4) is 0 Å². The molecule has 0 saturated carbocycles. The van der Waals surface area contributed by atoms with Crippen molar-refractivity contribution < 1.29 is 14.9 Å².